The first kappa shape index (κ1) is 13.3. The summed E-state index contributed by atoms with van der Waals surface area (Å²) < 4.78 is 0. The molecule has 3 atom stereocenters. The third-order valence-electron chi connectivity index (χ3n) is 4.80. The highest BCUT2D eigenvalue weighted by atomic mass is 16.3. The van der Waals surface area contributed by atoms with Crippen molar-refractivity contribution in [3.63, 3.8) is 0 Å². The Hall–Kier alpha value is -2.36. The van der Waals surface area contributed by atoms with Gasteiger partial charge in [-0.05, 0) is 54.0 Å². The molecule has 1 amide bonds. The fraction of sp³-hybridized carbons (Fsp3) is 0.333. The van der Waals surface area contributed by atoms with Crippen LogP contribution in [0, 0.1) is 5.92 Å². The maximum absolute atomic E-state index is 12.4. The monoisotopic (exact) mass is 294 g/mol. The zero-order chi connectivity index (χ0) is 15.1. The number of pyridine rings is 1. The van der Waals surface area contributed by atoms with Gasteiger partial charge >= 0.3 is 0 Å². The Kier molecular flexibility index (Phi) is 3.10. The molecule has 2 N–H and O–H groups in total. The maximum atomic E-state index is 12.4. The van der Waals surface area contributed by atoms with Gasteiger partial charge in [0.15, 0.2) is 0 Å². The lowest BCUT2D eigenvalue weighted by atomic mass is 10.1. The lowest BCUT2D eigenvalue weighted by Gasteiger charge is -2.14. The number of rotatable bonds is 3. The van der Waals surface area contributed by atoms with Gasteiger partial charge in [0.25, 0.3) is 0 Å². The summed E-state index contributed by atoms with van der Waals surface area (Å²) in [6, 6.07) is 9.53. The van der Waals surface area contributed by atoms with E-state index in [2.05, 4.69) is 10.3 Å². The summed E-state index contributed by atoms with van der Waals surface area (Å²) in [5.74, 6) is 0.827. The van der Waals surface area contributed by atoms with E-state index >= 15 is 0 Å². The highest BCUT2D eigenvalue weighted by Gasteiger charge is 2.44. The summed E-state index contributed by atoms with van der Waals surface area (Å²) >= 11 is 0. The molecule has 4 nitrogen and oxygen atoms in total. The predicted molar refractivity (Wildman–Crippen MR) is 82.4 cm³/mol. The topological polar surface area (TPSA) is 62.2 Å². The number of aromatic hydroxyl groups is 1. The van der Waals surface area contributed by atoms with Crippen LogP contribution in [0.2, 0.25) is 0 Å². The smallest absolute Gasteiger partial charge is 0.224 e. The van der Waals surface area contributed by atoms with E-state index in [1.807, 2.05) is 30.5 Å². The second-order valence-electron chi connectivity index (χ2n) is 6.18. The lowest BCUT2D eigenvalue weighted by Crippen LogP contribution is -2.28. The fourth-order valence-electron chi connectivity index (χ4n) is 3.51. The predicted octanol–water partition coefficient (Wildman–Crippen LogP) is 2.69. The van der Waals surface area contributed by atoms with Crippen molar-refractivity contribution in [2.75, 3.05) is 0 Å². The Bertz CT molecular complexity index is 714. The van der Waals surface area contributed by atoms with Crippen LogP contribution in [0.5, 0.6) is 5.75 Å². The van der Waals surface area contributed by atoms with Crippen molar-refractivity contribution in [3.8, 4) is 5.75 Å². The van der Waals surface area contributed by atoms with E-state index in [1.165, 1.54) is 0 Å². The first-order valence-corrected chi connectivity index (χ1v) is 7.75. The molecule has 0 aliphatic heterocycles. The number of carbonyl (C=O) groups excluding carboxylic acids is 1. The number of carbonyl (C=O) groups is 1. The molecule has 22 heavy (non-hydrogen) atoms. The zero-order valence-corrected chi connectivity index (χ0v) is 12.2. The molecular weight excluding hydrogens is 276 g/mol. The minimum absolute atomic E-state index is 0.0322. The van der Waals surface area contributed by atoms with Crippen LogP contribution in [-0.2, 0) is 11.2 Å². The van der Waals surface area contributed by atoms with Crippen molar-refractivity contribution >= 4 is 5.91 Å². The van der Waals surface area contributed by atoms with Gasteiger partial charge in [-0.1, -0.05) is 18.2 Å². The van der Waals surface area contributed by atoms with E-state index in [9.17, 15) is 9.90 Å². The van der Waals surface area contributed by atoms with Gasteiger partial charge in [-0.3, -0.25) is 9.78 Å². The first-order chi connectivity index (χ1) is 10.7. The van der Waals surface area contributed by atoms with E-state index in [0.717, 1.165) is 36.0 Å². The van der Waals surface area contributed by atoms with Gasteiger partial charge < -0.3 is 10.4 Å². The molecule has 1 saturated carbocycles. The van der Waals surface area contributed by atoms with E-state index in [-0.39, 0.29) is 17.9 Å². The minimum atomic E-state index is 0.0322. The van der Waals surface area contributed by atoms with Crippen molar-refractivity contribution in [3.05, 3.63) is 59.4 Å². The minimum Gasteiger partial charge on any atom is -0.508 e. The van der Waals surface area contributed by atoms with E-state index in [4.69, 9.17) is 0 Å². The molecule has 3 unspecified atom stereocenters. The first-order valence-electron chi connectivity index (χ1n) is 7.75. The quantitative estimate of drug-likeness (QED) is 0.915. The summed E-state index contributed by atoms with van der Waals surface area (Å²) in [6.07, 6.45) is 6.19. The Morgan fingerprint density at radius 1 is 1.27 bits per heavy atom. The average molecular weight is 294 g/mol. The number of phenolic OH excluding ortho intramolecular Hbond substituents is 1. The number of nitrogens with one attached hydrogen (secondary N) is 1. The second-order valence-corrected chi connectivity index (χ2v) is 6.18. The van der Waals surface area contributed by atoms with Crippen LogP contribution >= 0.6 is 0 Å². The van der Waals surface area contributed by atoms with Gasteiger partial charge in [0.05, 0.1) is 6.04 Å². The lowest BCUT2D eigenvalue weighted by molar-refractivity contribution is -0.123. The molecule has 1 aromatic heterocycles. The molecule has 1 fully saturated rings. The van der Waals surface area contributed by atoms with Gasteiger partial charge in [0.2, 0.25) is 5.91 Å². The Balaban J connectivity index is 1.44. The summed E-state index contributed by atoms with van der Waals surface area (Å²) in [5, 5.41) is 13.0. The Morgan fingerprint density at radius 3 is 3.00 bits per heavy atom. The number of benzene rings is 1. The highest BCUT2D eigenvalue weighted by Crippen LogP contribution is 2.48. The fourth-order valence-corrected chi connectivity index (χ4v) is 3.51. The number of phenols is 1. The molecule has 0 bridgehead atoms. The van der Waals surface area contributed by atoms with E-state index < -0.39 is 0 Å². The number of aromatic nitrogens is 1. The van der Waals surface area contributed by atoms with Crippen molar-refractivity contribution in [2.24, 2.45) is 5.92 Å². The molecule has 0 spiro atoms. The maximum Gasteiger partial charge on any atom is 0.224 e. The van der Waals surface area contributed by atoms with Crippen LogP contribution < -0.4 is 5.32 Å². The summed E-state index contributed by atoms with van der Waals surface area (Å²) in [4.78, 5) is 16.6. The van der Waals surface area contributed by atoms with Crippen molar-refractivity contribution in [2.45, 2.75) is 31.2 Å². The summed E-state index contributed by atoms with van der Waals surface area (Å²) in [6.45, 7) is 0. The van der Waals surface area contributed by atoms with Gasteiger partial charge in [-0.15, -0.1) is 0 Å². The summed E-state index contributed by atoms with van der Waals surface area (Å²) in [5.41, 5.74) is 3.19. The number of hydrogen-bond acceptors (Lipinski definition) is 3. The van der Waals surface area contributed by atoms with Crippen LogP contribution in [0.1, 0.15) is 41.5 Å². The van der Waals surface area contributed by atoms with Crippen molar-refractivity contribution in [1.29, 1.82) is 0 Å². The molecule has 2 aromatic rings. The van der Waals surface area contributed by atoms with Crippen LogP contribution in [0.4, 0.5) is 0 Å². The molecular formula is C18H18N2O2. The van der Waals surface area contributed by atoms with Crippen LogP contribution in [-0.4, -0.2) is 16.0 Å². The average Bonchev–Trinajstić information content (AvgIpc) is 3.25. The van der Waals surface area contributed by atoms with Gasteiger partial charge in [0.1, 0.15) is 5.75 Å². The third kappa shape index (κ3) is 2.25. The van der Waals surface area contributed by atoms with Crippen LogP contribution in [0.3, 0.4) is 0 Å². The van der Waals surface area contributed by atoms with Crippen LogP contribution in [0.25, 0.3) is 0 Å². The van der Waals surface area contributed by atoms with Gasteiger partial charge in [-0.25, -0.2) is 0 Å². The molecule has 0 saturated heterocycles. The second kappa shape index (κ2) is 5.13. The Morgan fingerprint density at radius 2 is 2.18 bits per heavy atom. The van der Waals surface area contributed by atoms with Crippen molar-refractivity contribution in [1.82, 2.24) is 10.3 Å². The van der Waals surface area contributed by atoms with Gasteiger partial charge in [0, 0.05) is 18.3 Å². The number of fused-ring (bicyclic) bond motifs is 1. The molecule has 0 radical (unpaired) electrons. The molecule has 4 rings (SSSR count). The van der Waals surface area contributed by atoms with Crippen molar-refractivity contribution < 1.29 is 9.90 Å². The number of amides is 1. The highest BCUT2D eigenvalue weighted by molar-refractivity contribution is 5.83. The largest absolute Gasteiger partial charge is 0.508 e. The van der Waals surface area contributed by atoms with E-state index in [1.54, 1.807) is 12.3 Å². The Labute approximate surface area is 129 Å². The van der Waals surface area contributed by atoms with Gasteiger partial charge in [-0.2, -0.15) is 0 Å². The number of nitrogens with zero attached hydrogens (tertiary/aromatic N) is 1. The molecule has 2 aliphatic carbocycles. The molecule has 1 heterocycles. The van der Waals surface area contributed by atoms with Crippen LogP contribution in [0.15, 0.2) is 42.7 Å². The third-order valence-corrected chi connectivity index (χ3v) is 4.80. The van der Waals surface area contributed by atoms with E-state index in [0.29, 0.717) is 11.7 Å². The molecule has 2 aliphatic rings. The number of hydrogen-bond donors (Lipinski definition) is 2. The molecule has 4 heteroatoms. The normalized spacial score (nSPS) is 25.5. The molecule has 1 aromatic carbocycles. The summed E-state index contributed by atoms with van der Waals surface area (Å²) in [7, 11) is 0. The standard InChI is InChI=1S/C18H18N2O2/c21-17-5-1-4-12-13(17)6-7-16(12)20-18(22)15-9-14(15)11-3-2-8-19-10-11/h1-5,8,10,14-16,21H,6-7,9H2,(H,20,22). The molecule has 112 valence electrons. The zero-order valence-electron chi connectivity index (χ0n) is 12.2. The SMILES string of the molecule is O=C(NC1CCc2c(O)cccc21)C1CC1c1cccnc1.